The quantitative estimate of drug-likeness (QED) is 0.678. The average molecular weight is 226 g/mol. The van der Waals surface area contributed by atoms with Crippen molar-refractivity contribution in [2.75, 3.05) is 0 Å². The number of carbonyl (C=O) groups is 1. The maximum absolute atomic E-state index is 11.8. The van der Waals surface area contributed by atoms with E-state index in [0.29, 0.717) is 0 Å². The van der Waals surface area contributed by atoms with Crippen molar-refractivity contribution < 1.29 is 9.53 Å². The minimum Gasteiger partial charge on any atom is -0.459 e. The van der Waals surface area contributed by atoms with Crippen LogP contribution in [0.25, 0.3) is 0 Å². The van der Waals surface area contributed by atoms with Crippen LogP contribution in [0.3, 0.4) is 0 Å². The van der Waals surface area contributed by atoms with Crippen LogP contribution in [0, 0.1) is 5.92 Å². The molecular weight excluding hydrogens is 200 g/mol. The molecule has 0 bridgehead atoms. The molecule has 1 saturated carbocycles. The van der Waals surface area contributed by atoms with E-state index >= 15 is 0 Å². The minimum atomic E-state index is -0.194. The van der Waals surface area contributed by atoms with E-state index in [4.69, 9.17) is 4.74 Å². The third-order valence-electron chi connectivity index (χ3n) is 3.77. The molecule has 1 aliphatic rings. The summed E-state index contributed by atoms with van der Waals surface area (Å²) >= 11 is 0. The van der Waals surface area contributed by atoms with Gasteiger partial charge in [0.25, 0.3) is 0 Å². The molecule has 0 aromatic heterocycles. The zero-order chi connectivity index (χ0) is 12.0. The van der Waals surface area contributed by atoms with Gasteiger partial charge in [-0.05, 0) is 39.0 Å². The van der Waals surface area contributed by atoms with Crippen LogP contribution in [0.2, 0.25) is 0 Å². The second kappa shape index (κ2) is 6.27. The zero-order valence-corrected chi connectivity index (χ0v) is 11.1. The smallest absolute Gasteiger partial charge is 0.309 e. The molecule has 16 heavy (non-hydrogen) atoms. The Labute approximate surface area is 99.8 Å². The predicted molar refractivity (Wildman–Crippen MR) is 66.3 cm³/mol. The molecule has 1 unspecified atom stereocenters. The lowest BCUT2D eigenvalue weighted by molar-refractivity contribution is -0.164. The van der Waals surface area contributed by atoms with Gasteiger partial charge in [-0.3, -0.25) is 4.79 Å². The van der Waals surface area contributed by atoms with Gasteiger partial charge in [-0.25, -0.2) is 0 Å². The van der Waals surface area contributed by atoms with E-state index in [0.717, 1.165) is 19.3 Å². The molecule has 0 radical (unpaired) electrons. The van der Waals surface area contributed by atoms with Crippen LogP contribution in [0.1, 0.15) is 72.1 Å². The van der Waals surface area contributed by atoms with Crippen molar-refractivity contribution in [1.29, 1.82) is 0 Å². The topological polar surface area (TPSA) is 26.3 Å². The summed E-state index contributed by atoms with van der Waals surface area (Å²) in [6.45, 7) is 6.10. The number of carbonyl (C=O) groups excluding carboxylic acids is 1. The second-order valence-corrected chi connectivity index (χ2v) is 5.45. The summed E-state index contributed by atoms with van der Waals surface area (Å²) in [4.78, 5) is 11.8. The fraction of sp³-hybridized carbons (Fsp3) is 0.929. The van der Waals surface area contributed by atoms with Crippen molar-refractivity contribution in [2.24, 2.45) is 5.92 Å². The van der Waals surface area contributed by atoms with E-state index in [-0.39, 0.29) is 17.5 Å². The van der Waals surface area contributed by atoms with Crippen LogP contribution in [-0.2, 0) is 9.53 Å². The molecule has 94 valence electrons. The van der Waals surface area contributed by atoms with E-state index in [2.05, 4.69) is 6.92 Å². The number of esters is 1. The van der Waals surface area contributed by atoms with Gasteiger partial charge in [0.2, 0.25) is 0 Å². The first-order valence-corrected chi connectivity index (χ1v) is 6.80. The molecule has 1 aliphatic carbocycles. The van der Waals surface area contributed by atoms with Crippen molar-refractivity contribution in [3.05, 3.63) is 0 Å². The van der Waals surface area contributed by atoms with Crippen molar-refractivity contribution in [3.63, 3.8) is 0 Å². The highest BCUT2D eigenvalue weighted by molar-refractivity contribution is 5.72. The Balaban J connectivity index is 2.50. The van der Waals surface area contributed by atoms with Gasteiger partial charge in [0.1, 0.15) is 5.60 Å². The van der Waals surface area contributed by atoms with Crippen LogP contribution >= 0.6 is 0 Å². The molecule has 0 heterocycles. The molecule has 1 fully saturated rings. The molecule has 1 rings (SSSR count). The van der Waals surface area contributed by atoms with Crippen LogP contribution in [0.15, 0.2) is 0 Å². The largest absolute Gasteiger partial charge is 0.459 e. The zero-order valence-electron chi connectivity index (χ0n) is 11.1. The average Bonchev–Trinajstić information content (AvgIpc) is 2.23. The van der Waals surface area contributed by atoms with Gasteiger partial charge in [-0.1, -0.05) is 33.1 Å². The van der Waals surface area contributed by atoms with Gasteiger partial charge in [0.15, 0.2) is 0 Å². The maximum atomic E-state index is 11.8. The van der Waals surface area contributed by atoms with E-state index < -0.39 is 0 Å². The fourth-order valence-electron chi connectivity index (χ4n) is 2.27. The van der Waals surface area contributed by atoms with Crippen LogP contribution in [-0.4, -0.2) is 11.6 Å². The summed E-state index contributed by atoms with van der Waals surface area (Å²) in [6, 6.07) is 0. The molecule has 0 aromatic carbocycles. The Morgan fingerprint density at radius 2 is 1.69 bits per heavy atom. The first-order chi connectivity index (χ1) is 7.57. The summed E-state index contributed by atoms with van der Waals surface area (Å²) in [5, 5.41) is 0. The van der Waals surface area contributed by atoms with Gasteiger partial charge in [-0.15, -0.1) is 0 Å². The number of hydrogen-bond donors (Lipinski definition) is 0. The molecule has 0 aliphatic heterocycles. The Hall–Kier alpha value is -0.530. The van der Waals surface area contributed by atoms with Crippen LogP contribution < -0.4 is 0 Å². The van der Waals surface area contributed by atoms with Gasteiger partial charge >= 0.3 is 5.97 Å². The standard InChI is InChI=1S/C14H26O2/c1-4-12(2)13(15)16-14(3)10-8-6-5-7-9-11-14/h12H,4-11H2,1-3H3. The van der Waals surface area contributed by atoms with E-state index in [1.165, 1.54) is 32.1 Å². The molecule has 0 N–H and O–H groups in total. The van der Waals surface area contributed by atoms with Crippen molar-refractivity contribution >= 4 is 5.97 Å². The van der Waals surface area contributed by atoms with Crippen molar-refractivity contribution in [1.82, 2.24) is 0 Å². The Morgan fingerprint density at radius 1 is 1.19 bits per heavy atom. The third kappa shape index (κ3) is 4.15. The monoisotopic (exact) mass is 226 g/mol. The highest BCUT2D eigenvalue weighted by Gasteiger charge is 2.30. The highest BCUT2D eigenvalue weighted by Crippen LogP contribution is 2.30. The lowest BCUT2D eigenvalue weighted by Gasteiger charge is -2.32. The Kier molecular flexibility index (Phi) is 5.30. The van der Waals surface area contributed by atoms with Crippen LogP contribution in [0.5, 0.6) is 0 Å². The van der Waals surface area contributed by atoms with Gasteiger partial charge in [0, 0.05) is 0 Å². The van der Waals surface area contributed by atoms with Crippen LogP contribution in [0.4, 0.5) is 0 Å². The lowest BCUT2D eigenvalue weighted by atomic mass is 9.88. The lowest BCUT2D eigenvalue weighted by Crippen LogP contribution is -2.34. The molecule has 0 saturated heterocycles. The molecule has 2 nitrogen and oxygen atoms in total. The normalized spacial score (nSPS) is 22.9. The Morgan fingerprint density at radius 3 is 2.19 bits per heavy atom. The first-order valence-electron chi connectivity index (χ1n) is 6.80. The van der Waals surface area contributed by atoms with Gasteiger partial charge in [0.05, 0.1) is 5.92 Å². The Bertz CT molecular complexity index is 215. The molecule has 1 atom stereocenters. The molecule has 0 amide bonds. The highest BCUT2D eigenvalue weighted by atomic mass is 16.6. The summed E-state index contributed by atoms with van der Waals surface area (Å²) in [5.41, 5.74) is -0.194. The van der Waals surface area contributed by atoms with E-state index in [1.54, 1.807) is 0 Å². The second-order valence-electron chi connectivity index (χ2n) is 5.45. The summed E-state index contributed by atoms with van der Waals surface area (Å²) in [5.74, 6) is 0.0350. The van der Waals surface area contributed by atoms with Gasteiger partial charge < -0.3 is 4.74 Å². The fourth-order valence-corrected chi connectivity index (χ4v) is 2.27. The van der Waals surface area contributed by atoms with Crippen molar-refractivity contribution in [3.8, 4) is 0 Å². The van der Waals surface area contributed by atoms with E-state index in [9.17, 15) is 4.79 Å². The van der Waals surface area contributed by atoms with Gasteiger partial charge in [-0.2, -0.15) is 0 Å². The number of rotatable bonds is 3. The van der Waals surface area contributed by atoms with E-state index in [1.807, 2.05) is 13.8 Å². The number of ether oxygens (including phenoxy) is 1. The van der Waals surface area contributed by atoms with Crippen molar-refractivity contribution in [2.45, 2.75) is 77.7 Å². The predicted octanol–water partition coefficient (Wildman–Crippen LogP) is 4.08. The SMILES string of the molecule is CCC(C)C(=O)OC1(C)CCCCCCC1. The third-order valence-corrected chi connectivity index (χ3v) is 3.77. The summed E-state index contributed by atoms with van der Waals surface area (Å²) < 4.78 is 5.73. The molecule has 0 aromatic rings. The summed E-state index contributed by atoms with van der Waals surface area (Å²) in [7, 11) is 0. The summed E-state index contributed by atoms with van der Waals surface area (Å²) in [6.07, 6.45) is 9.26. The maximum Gasteiger partial charge on any atom is 0.309 e. The first kappa shape index (κ1) is 13.5. The molecular formula is C14H26O2. The minimum absolute atomic E-state index is 0.00873. The number of hydrogen-bond acceptors (Lipinski definition) is 2. The molecule has 2 heteroatoms. The molecule has 0 spiro atoms.